The summed E-state index contributed by atoms with van der Waals surface area (Å²) in [5.41, 5.74) is 0. The summed E-state index contributed by atoms with van der Waals surface area (Å²) >= 11 is 1.14. The molecule has 0 aromatic rings. The van der Waals surface area contributed by atoms with Crippen LogP contribution in [0.4, 0.5) is 0 Å². The lowest BCUT2D eigenvalue weighted by Crippen LogP contribution is -2.18. The van der Waals surface area contributed by atoms with Crippen LogP contribution in [0.5, 0.6) is 0 Å². The first-order valence-electron chi connectivity index (χ1n) is 3.55. The predicted octanol–water partition coefficient (Wildman–Crippen LogP) is 2.18. The molecule has 0 heterocycles. The molecular formula is C7H16O2S. The van der Waals surface area contributed by atoms with Gasteiger partial charge in [-0.05, 0) is 27.2 Å². The first-order valence-corrected chi connectivity index (χ1v) is 4.29. The van der Waals surface area contributed by atoms with Gasteiger partial charge in [0.25, 0.3) is 0 Å². The fraction of sp³-hybridized carbons (Fsp3) is 1.00. The van der Waals surface area contributed by atoms with Gasteiger partial charge in [-0.1, -0.05) is 6.92 Å². The third-order valence-corrected chi connectivity index (χ3v) is 2.20. The predicted molar refractivity (Wildman–Crippen MR) is 44.7 cm³/mol. The molecule has 0 radical (unpaired) electrons. The number of hydrogen-bond acceptors (Lipinski definition) is 3. The molecule has 10 heavy (non-hydrogen) atoms. The molecule has 0 amide bonds. The summed E-state index contributed by atoms with van der Waals surface area (Å²) in [5.74, 6) is 0. The molecule has 3 heteroatoms. The molecule has 1 unspecified atom stereocenters. The minimum absolute atomic E-state index is 0.169. The summed E-state index contributed by atoms with van der Waals surface area (Å²) in [6, 6.07) is 0. The van der Waals surface area contributed by atoms with Crippen LogP contribution in [0.2, 0.25) is 0 Å². The summed E-state index contributed by atoms with van der Waals surface area (Å²) in [6.07, 6.45) is 0.868. The lowest BCUT2D eigenvalue weighted by atomic mass is 10.3. The Morgan fingerprint density at radius 2 is 2.10 bits per heavy atom. The van der Waals surface area contributed by atoms with E-state index in [1.54, 1.807) is 6.92 Å². The maximum atomic E-state index is 9.41. The Kier molecular flexibility index (Phi) is 4.32. The van der Waals surface area contributed by atoms with Crippen LogP contribution in [-0.4, -0.2) is 16.1 Å². The van der Waals surface area contributed by atoms with Crippen LogP contribution in [0.1, 0.15) is 34.1 Å². The van der Waals surface area contributed by atoms with Crippen LogP contribution < -0.4 is 0 Å². The van der Waals surface area contributed by atoms with E-state index in [1.807, 2.05) is 20.8 Å². The van der Waals surface area contributed by atoms with Crippen LogP contribution in [0, 0.1) is 0 Å². The van der Waals surface area contributed by atoms with Crippen molar-refractivity contribution in [3.8, 4) is 0 Å². The Bertz CT molecular complexity index is 91.6. The normalized spacial score (nSPS) is 17.4. The van der Waals surface area contributed by atoms with Crippen LogP contribution >= 0.6 is 12.0 Å². The highest BCUT2D eigenvalue weighted by Gasteiger charge is 2.19. The average molecular weight is 164 g/mol. The summed E-state index contributed by atoms with van der Waals surface area (Å²) < 4.78 is 5.16. The standard InChI is InChI=1S/C7H16O2S/c1-5-7(4,8)10-9-6(2)3/h6,8H,5H2,1-4H3. The second kappa shape index (κ2) is 4.21. The quantitative estimate of drug-likeness (QED) is 0.510. The van der Waals surface area contributed by atoms with Gasteiger partial charge in [-0.15, -0.1) is 0 Å². The van der Waals surface area contributed by atoms with Crippen LogP contribution in [-0.2, 0) is 4.18 Å². The summed E-state index contributed by atoms with van der Waals surface area (Å²) in [4.78, 5) is -0.732. The van der Waals surface area contributed by atoms with Gasteiger partial charge in [-0.3, -0.25) is 0 Å². The van der Waals surface area contributed by atoms with Gasteiger partial charge in [0.05, 0.1) is 6.10 Å². The number of aliphatic hydroxyl groups is 1. The molecule has 0 aliphatic rings. The lowest BCUT2D eigenvalue weighted by Gasteiger charge is -2.20. The van der Waals surface area contributed by atoms with Crippen molar-refractivity contribution >= 4 is 12.0 Å². The van der Waals surface area contributed by atoms with Crippen molar-refractivity contribution in [3.05, 3.63) is 0 Å². The number of rotatable bonds is 4. The van der Waals surface area contributed by atoms with Gasteiger partial charge in [0.15, 0.2) is 0 Å². The van der Waals surface area contributed by atoms with E-state index < -0.39 is 4.93 Å². The van der Waals surface area contributed by atoms with Gasteiger partial charge >= 0.3 is 0 Å². The van der Waals surface area contributed by atoms with E-state index in [4.69, 9.17) is 4.18 Å². The molecule has 0 rings (SSSR count). The van der Waals surface area contributed by atoms with E-state index in [2.05, 4.69) is 0 Å². The molecule has 0 aliphatic carbocycles. The zero-order chi connectivity index (χ0) is 8.20. The molecule has 0 saturated heterocycles. The van der Waals surface area contributed by atoms with Gasteiger partial charge in [0, 0.05) is 12.0 Å². The van der Waals surface area contributed by atoms with Crippen LogP contribution in [0.15, 0.2) is 0 Å². The second-order valence-electron chi connectivity index (χ2n) is 2.76. The average Bonchev–Trinajstić information content (AvgIpc) is 1.85. The maximum absolute atomic E-state index is 9.41. The van der Waals surface area contributed by atoms with Crippen molar-refractivity contribution in [2.24, 2.45) is 0 Å². The van der Waals surface area contributed by atoms with E-state index >= 15 is 0 Å². The zero-order valence-electron chi connectivity index (χ0n) is 7.05. The van der Waals surface area contributed by atoms with E-state index in [9.17, 15) is 5.11 Å². The topological polar surface area (TPSA) is 29.5 Å². The Balaban J connectivity index is 3.46. The van der Waals surface area contributed by atoms with Crippen molar-refractivity contribution in [2.45, 2.75) is 45.2 Å². The Hall–Kier alpha value is 0.270. The SMILES string of the molecule is CCC(C)(O)SOC(C)C. The first kappa shape index (κ1) is 10.3. The van der Waals surface area contributed by atoms with Gasteiger partial charge < -0.3 is 9.29 Å². The molecule has 2 nitrogen and oxygen atoms in total. The Labute approximate surface area is 67.2 Å². The fourth-order valence-corrected chi connectivity index (χ4v) is 0.776. The Morgan fingerprint density at radius 3 is 2.40 bits per heavy atom. The molecule has 1 N–H and O–H groups in total. The number of hydrogen-bond donors (Lipinski definition) is 1. The van der Waals surface area contributed by atoms with Crippen LogP contribution in [0.25, 0.3) is 0 Å². The smallest absolute Gasteiger partial charge is 0.132 e. The molecule has 0 bridgehead atoms. The van der Waals surface area contributed by atoms with Crippen molar-refractivity contribution < 1.29 is 9.29 Å². The molecule has 0 fully saturated rings. The highest BCUT2D eigenvalue weighted by molar-refractivity contribution is 7.95. The van der Waals surface area contributed by atoms with Gasteiger partial charge in [-0.25, -0.2) is 0 Å². The van der Waals surface area contributed by atoms with E-state index in [0.29, 0.717) is 6.42 Å². The monoisotopic (exact) mass is 164 g/mol. The molecular weight excluding hydrogens is 148 g/mol. The van der Waals surface area contributed by atoms with Gasteiger partial charge in [-0.2, -0.15) is 0 Å². The summed E-state index contributed by atoms with van der Waals surface area (Å²) in [7, 11) is 0. The summed E-state index contributed by atoms with van der Waals surface area (Å²) in [5, 5.41) is 9.41. The minimum Gasteiger partial charge on any atom is -0.377 e. The van der Waals surface area contributed by atoms with Gasteiger partial charge in [0.2, 0.25) is 0 Å². The van der Waals surface area contributed by atoms with Crippen molar-refractivity contribution in [3.63, 3.8) is 0 Å². The Morgan fingerprint density at radius 1 is 1.60 bits per heavy atom. The first-order chi connectivity index (χ1) is 4.48. The third-order valence-electron chi connectivity index (χ3n) is 1.08. The van der Waals surface area contributed by atoms with E-state index in [1.165, 1.54) is 0 Å². The third kappa shape index (κ3) is 5.09. The van der Waals surface area contributed by atoms with Crippen molar-refractivity contribution in [1.82, 2.24) is 0 Å². The summed E-state index contributed by atoms with van der Waals surface area (Å²) in [6.45, 7) is 7.56. The molecule has 0 aromatic carbocycles. The highest BCUT2D eigenvalue weighted by Crippen LogP contribution is 2.26. The maximum Gasteiger partial charge on any atom is 0.132 e. The molecule has 1 atom stereocenters. The van der Waals surface area contributed by atoms with Gasteiger partial charge in [0.1, 0.15) is 4.93 Å². The fourth-order valence-electron chi connectivity index (χ4n) is 0.259. The zero-order valence-corrected chi connectivity index (χ0v) is 7.86. The van der Waals surface area contributed by atoms with Crippen molar-refractivity contribution in [1.29, 1.82) is 0 Å². The molecule has 0 spiro atoms. The molecule has 0 aromatic heterocycles. The molecule has 0 saturated carbocycles. The lowest BCUT2D eigenvalue weighted by molar-refractivity contribution is 0.136. The second-order valence-corrected chi connectivity index (χ2v) is 4.00. The van der Waals surface area contributed by atoms with Crippen molar-refractivity contribution in [2.75, 3.05) is 0 Å². The largest absolute Gasteiger partial charge is 0.377 e. The van der Waals surface area contributed by atoms with Crippen LogP contribution in [0.3, 0.4) is 0 Å². The minimum atomic E-state index is -0.732. The van der Waals surface area contributed by atoms with E-state index in [0.717, 1.165) is 12.0 Å². The van der Waals surface area contributed by atoms with E-state index in [-0.39, 0.29) is 6.10 Å². The highest BCUT2D eigenvalue weighted by atomic mass is 32.2. The molecule has 62 valence electrons. The molecule has 0 aliphatic heterocycles.